The fraction of sp³-hybridized carbons (Fsp3) is 0.308. The van der Waals surface area contributed by atoms with Crippen LogP contribution < -0.4 is 5.32 Å². The van der Waals surface area contributed by atoms with Crippen molar-refractivity contribution < 1.29 is 18.7 Å². The number of fused-ring (bicyclic) bond motifs is 1. The van der Waals surface area contributed by atoms with Crippen LogP contribution in [0.2, 0.25) is 0 Å². The molecule has 0 spiro atoms. The van der Waals surface area contributed by atoms with Crippen molar-refractivity contribution in [3.8, 4) is 0 Å². The zero-order valence-electron chi connectivity index (χ0n) is 10.3. The largest absolute Gasteiger partial charge is 0.463 e. The van der Waals surface area contributed by atoms with E-state index in [4.69, 9.17) is 13.9 Å². The maximum absolute atomic E-state index is 12.0. The van der Waals surface area contributed by atoms with Crippen LogP contribution in [-0.2, 0) is 9.47 Å². The number of nitrogens with one attached hydrogen (secondary N) is 1. The Bertz CT molecular complexity index is 531. The highest BCUT2D eigenvalue weighted by Gasteiger charge is 2.14. The minimum atomic E-state index is -0.452. The van der Waals surface area contributed by atoms with Gasteiger partial charge >= 0.3 is 0 Å². The summed E-state index contributed by atoms with van der Waals surface area (Å²) in [6, 6.07) is 7.39. The Morgan fingerprint density at radius 2 is 2.06 bits per heavy atom. The van der Waals surface area contributed by atoms with E-state index >= 15 is 0 Å². The lowest BCUT2D eigenvalue weighted by Crippen LogP contribution is -2.34. The summed E-state index contributed by atoms with van der Waals surface area (Å²) in [5, 5.41) is 3.52. The zero-order valence-corrected chi connectivity index (χ0v) is 10.3. The predicted octanol–water partition coefficient (Wildman–Crippen LogP) is 1.78. The van der Waals surface area contributed by atoms with Gasteiger partial charge in [0.25, 0.3) is 5.91 Å². The van der Waals surface area contributed by atoms with Gasteiger partial charge in [0.05, 0.1) is 12.1 Å². The maximum Gasteiger partial charge on any atom is 0.255 e. The standard InChI is InChI=1S/C13H15NO4/c1-16-12(17-2)7-14-13(15)10-8-18-11-6-4-3-5-9(10)11/h3-6,8,12H,7H2,1-2H3,(H,14,15). The average Bonchev–Trinajstić information content (AvgIpc) is 2.83. The summed E-state index contributed by atoms with van der Waals surface area (Å²) in [5.41, 5.74) is 1.20. The zero-order chi connectivity index (χ0) is 13.0. The molecule has 1 aromatic carbocycles. The quantitative estimate of drug-likeness (QED) is 0.820. The van der Waals surface area contributed by atoms with Crippen LogP contribution in [0.4, 0.5) is 0 Å². The van der Waals surface area contributed by atoms with Crippen molar-refractivity contribution in [3.63, 3.8) is 0 Å². The Kier molecular flexibility index (Phi) is 3.96. The summed E-state index contributed by atoms with van der Waals surface area (Å²) in [6.45, 7) is 0.283. The molecule has 1 amide bonds. The molecule has 1 heterocycles. The summed E-state index contributed by atoms with van der Waals surface area (Å²) >= 11 is 0. The van der Waals surface area contributed by atoms with Crippen molar-refractivity contribution in [1.29, 1.82) is 0 Å². The minimum absolute atomic E-state index is 0.209. The summed E-state index contributed by atoms with van der Waals surface area (Å²) < 4.78 is 15.3. The van der Waals surface area contributed by atoms with Crippen LogP contribution in [0.15, 0.2) is 34.9 Å². The molecule has 0 aliphatic rings. The van der Waals surface area contributed by atoms with Gasteiger partial charge in [0, 0.05) is 19.6 Å². The molecule has 0 unspecified atom stereocenters. The molecule has 5 nitrogen and oxygen atoms in total. The topological polar surface area (TPSA) is 60.7 Å². The van der Waals surface area contributed by atoms with Crippen LogP contribution in [0.1, 0.15) is 10.4 Å². The predicted molar refractivity (Wildman–Crippen MR) is 66.4 cm³/mol. The maximum atomic E-state index is 12.0. The number of carbonyl (C=O) groups excluding carboxylic acids is 1. The lowest BCUT2D eigenvalue weighted by molar-refractivity contribution is -0.0974. The van der Waals surface area contributed by atoms with Gasteiger partial charge in [-0.15, -0.1) is 0 Å². The molecule has 0 atom stereocenters. The SMILES string of the molecule is COC(CNC(=O)c1coc2ccccc12)OC. The molecule has 5 heteroatoms. The molecule has 0 fully saturated rings. The molecule has 0 bridgehead atoms. The van der Waals surface area contributed by atoms with Crippen LogP contribution >= 0.6 is 0 Å². The number of benzene rings is 1. The van der Waals surface area contributed by atoms with E-state index in [1.54, 1.807) is 0 Å². The van der Waals surface area contributed by atoms with E-state index in [1.807, 2.05) is 24.3 Å². The number of ether oxygens (including phenoxy) is 2. The van der Waals surface area contributed by atoms with Gasteiger partial charge < -0.3 is 19.2 Å². The Hall–Kier alpha value is -1.85. The first-order chi connectivity index (χ1) is 8.76. The van der Waals surface area contributed by atoms with E-state index in [1.165, 1.54) is 20.5 Å². The van der Waals surface area contributed by atoms with Crippen LogP contribution in [0.25, 0.3) is 11.0 Å². The van der Waals surface area contributed by atoms with Gasteiger partial charge in [0.2, 0.25) is 0 Å². The van der Waals surface area contributed by atoms with E-state index in [0.29, 0.717) is 11.1 Å². The molecule has 2 rings (SSSR count). The first-order valence-corrected chi connectivity index (χ1v) is 5.56. The summed E-state index contributed by atoms with van der Waals surface area (Å²) in [5.74, 6) is -0.209. The van der Waals surface area contributed by atoms with Gasteiger partial charge in [-0.05, 0) is 6.07 Å². The molecule has 0 saturated heterocycles. The van der Waals surface area contributed by atoms with Gasteiger partial charge in [-0.1, -0.05) is 18.2 Å². The molecular formula is C13H15NO4. The molecule has 1 N–H and O–H groups in total. The Morgan fingerprint density at radius 1 is 1.33 bits per heavy atom. The minimum Gasteiger partial charge on any atom is -0.463 e. The van der Waals surface area contributed by atoms with E-state index in [9.17, 15) is 4.79 Å². The van der Waals surface area contributed by atoms with Gasteiger partial charge in [0.15, 0.2) is 6.29 Å². The average molecular weight is 249 g/mol. The van der Waals surface area contributed by atoms with Gasteiger partial charge in [-0.3, -0.25) is 4.79 Å². The molecule has 1 aromatic heterocycles. The van der Waals surface area contributed by atoms with Crippen molar-refractivity contribution in [1.82, 2.24) is 5.32 Å². The number of para-hydroxylation sites is 1. The number of hydrogen-bond acceptors (Lipinski definition) is 4. The molecule has 18 heavy (non-hydrogen) atoms. The second-order valence-electron chi connectivity index (χ2n) is 3.76. The third kappa shape index (κ3) is 2.52. The lowest BCUT2D eigenvalue weighted by Gasteiger charge is -2.13. The van der Waals surface area contributed by atoms with Gasteiger partial charge in [0.1, 0.15) is 11.8 Å². The number of carbonyl (C=O) groups is 1. The molecule has 2 aromatic rings. The van der Waals surface area contributed by atoms with Crippen LogP contribution in [-0.4, -0.2) is 33.0 Å². The van der Waals surface area contributed by atoms with Crippen LogP contribution in [0, 0.1) is 0 Å². The highest BCUT2D eigenvalue weighted by molar-refractivity contribution is 6.05. The highest BCUT2D eigenvalue weighted by atomic mass is 16.7. The monoisotopic (exact) mass is 249 g/mol. The number of hydrogen-bond donors (Lipinski definition) is 1. The number of amides is 1. The second-order valence-corrected chi connectivity index (χ2v) is 3.76. The molecule has 96 valence electrons. The fourth-order valence-corrected chi connectivity index (χ4v) is 1.69. The van der Waals surface area contributed by atoms with E-state index in [0.717, 1.165) is 5.39 Å². The number of furan rings is 1. The first-order valence-electron chi connectivity index (χ1n) is 5.56. The Morgan fingerprint density at radius 3 is 2.78 bits per heavy atom. The van der Waals surface area contributed by atoms with Crippen molar-refractivity contribution >= 4 is 16.9 Å². The highest BCUT2D eigenvalue weighted by Crippen LogP contribution is 2.20. The Labute approximate surface area is 105 Å². The summed E-state index contributed by atoms with van der Waals surface area (Å²) in [4.78, 5) is 12.0. The normalized spacial score (nSPS) is 11.1. The summed E-state index contributed by atoms with van der Waals surface area (Å²) in [6.07, 6.45) is 1.00. The lowest BCUT2D eigenvalue weighted by atomic mass is 10.1. The molecule has 0 saturated carbocycles. The Balaban J connectivity index is 2.09. The fourth-order valence-electron chi connectivity index (χ4n) is 1.69. The number of rotatable bonds is 5. The van der Waals surface area contributed by atoms with Crippen molar-refractivity contribution in [3.05, 3.63) is 36.1 Å². The third-order valence-electron chi connectivity index (χ3n) is 2.68. The molecule has 0 aliphatic carbocycles. The number of methoxy groups -OCH3 is 2. The van der Waals surface area contributed by atoms with E-state index in [-0.39, 0.29) is 12.5 Å². The first kappa shape index (κ1) is 12.6. The van der Waals surface area contributed by atoms with E-state index in [2.05, 4.69) is 5.32 Å². The van der Waals surface area contributed by atoms with Crippen LogP contribution in [0.3, 0.4) is 0 Å². The second kappa shape index (κ2) is 5.66. The van der Waals surface area contributed by atoms with Crippen molar-refractivity contribution in [2.45, 2.75) is 6.29 Å². The van der Waals surface area contributed by atoms with Gasteiger partial charge in [-0.25, -0.2) is 0 Å². The van der Waals surface area contributed by atoms with Gasteiger partial charge in [-0.2, -0.15) is 0 Å². The molecule has 0 aliphatic heterocycles. The summed E-state index contributed by atoms with van der Waals surface area (Å²) in [7, 11) is 3.04. The van der Waals surface area contributed by atoms with Crippen molar-refractivity contribution in [2.24, 2.45) is 0 Å². The van der Waals surface area contributed by atoms with E-state index < -0.39 is 6.29 Å². The molecule has 0 radical (unpaired) electrons. The smallest absolute Gasteiger partial charge is 0.255 e. The molecular weight excluding hydrogens is 234 g/mol. The van der Waals surface area contributed by atoms with Crippen LogP contribution in [0.5, 0.6) is 0 Å². The van der Waals surface area contributed by atoms with Crippen molar-refractivity contribution in [2.75, 3.05) is 20.8 Å². The third-order valence-corrected chi connectivity index (χ3v) is 2.68.